The zero-order valence-corrected chi connectivity index (χ0v) is 12.0. The van der Waals surface area contributed by atoms with Crippen LogP contribution in [0.3, 0.4) is 0 Å². The zero-order valence-electron chi connectivity index (χ0n) is 10.5. The quantitative estimate of drug-likeness (QED) is 0.654. The van der Waals surface area contributed by atoms with Crippen molar-refractivity contribution in [3.05, 3.63) is 27.7 Å². The molecular formula is C13H17Cl2NO2. The highest BCUT2D eigenvalue weighted by Crippen LogP contribution is 2.29. The number of carbonyl (C=O) groups is 1. The van der Waals surface area contributed by atoms with Crippen LogP contribution in [0, 0.1) is 5.92 Å². The minimum atomic E-state index is -0.525. The molecule has 5 heteroatoms. The van der Waals surface area contributed by atoms with Crippen LogP contribution in [0.5, 0.6) is 0 Å². The molecule has 0 fully saturated rings. The highest BCUT2D eigenvalue weighted by molar-refractivity contribution is 6.38. The normalized spacial score (nSPS) is 12.2. The number of anilines is 1. The molecule has 0 aliphatic rings. The molecule has 1 aromatic carbocycles. The second-order valence-corrected chi connectivity index (χ2v) is 5.12. The third kappa shape index (κ3) is 3.79. The minimum Gasteiger partial charge on any atom is -0.462 e. The first-order chi connectivity index (χ1) is 8.47. The van der Waals surface area contributed by atoms with Crippen LogP contribution in [0.2, 0.25) is 10.0 Å². The predicted octanol–water partition coefficient (Wildman–Crippen LogP) is 4.17. The van der Waals surface area contributed by atoms with Gasteiger partial charge in [-0.1, -0.05) is 43.5 Å². The topological polar surface area (TPSA) is 52.3 Å². The average Bonchev–Trinajstić information content (AvgIpc) is 2.32. The van der Waals surface area contributed by atoms with E-state index in [-0.39, 0.29) is 16.3 Å². The van der Waals surface area contributed by atoms with Crippen LogP contribution < -0.4 is 5.73 Å². The number of ether oxygens (including phenoxy) is 1. The number of nitrogens with two attached hydrogens (primary N) is 1. The van der Waals surface area contributed by atoms with Gasteiger partial charge in [0.1, 0.15) is 5.56 Å². The van der Waals surface area contributed by atoms with Gasteiger partial charge >= 0.3 is 5.97 Å². The van der Waals surface area contributed by atoms with Crippen molar-refractivity contribution in [3.8, 4) is 0 Å². The number of hydrogen-bond acceptors (Lipinski definition) is 3. The summed E-state index contributed by atoms with van der Waals surface area (Å²) in [7, 11) is 0. The van der Waals surface area contributed by atoms with Crippen molar-refractivity contribution < 1.29 is 9.53 Å². The maximum atomic E-state index is 11.9. The molecule has 0 aromatic heterocycles. The molecule has 1 aromatic rings. The Labute approximate surface area is 117 Å². The Bertz CT molecular complexity index is 435. The van der Waals surface area contributed by atoms with E-state index in [4.69, 9.17) is 33.7 Å². The molecule has 0 saturated carbocycles. The first-order valence-corrected chi connectivity index (χ1v) is 6.63. The number of benzene rings is 1. The zero-order chi connectivity index (χ0) is 13.7. The maximum Gasteiger partial charge on any atom is 0.341 e. The molecule has 1 rings (SSSR count). The van der Waals surface area contributed by atoms with Crippen LogP contribution in [-0.4, -0.2) is 12.6 Å². The van der Waals surface area contributed by atoms with Crippen molar-refractivity contribution in [3.63, 3.8) is 0 Å². The van der Waals surface area contributed by atoms with Crippen LogP contribution in [-0.2, 0) is 4.74 Å². The van der Waals surface area contributed by atoms with Crippen molar-refractivity contribution in [1.82, 2.24) is 0 Å². The Kier molecular flexibility index (Phi) is 5.76. The number of carbonyl (C=O) groups excluding carboxylic acids is 1. The van der Waals surface area contributed by atoms with Gasteiger partial charge in [-0.25, -0.2) is 4.79 Å². The van der Waals surface area contributed by atoms with Crippen molar-refractivity contribution >= 4 is 34.9 Å². The first kappa shape index (κ1) is 15.1. The number of halogens is 2. The Morgan fingerprint density at radius 2 is 2.00 bits per heavy atom. The summed E-state index contributed by atoms with van der Waals surface area (Å²) < 4.78 is 5.20. The summed E-state index contributed by atoms with van der Waals surface area (Å²) in [6.07, 6.45) is 2.06. The standard InChI is InChI=1S/C13H17Cl2NO2/c1-3-4-8(2)7-18-13(17)11-9(14)5-6-10(15)12(11)16/h5-6,8H,3-4,7,16H2,1-2H3. The molecule has 0 aliphatic heterocycles. The number of nitrogen functional groups attached to an aromatic ring is 1. The van der Waals surface area contributed by atoms with E-state index in [0.717, 1.165) is 12.8 Å². The van der Waals surface area contributed by atoms with Crippen LogP contribution in [0.1, 0.15) is 37.0 Å². The van der Waals surface area contributed by atoms with Gasteiger partial charge in [0.2, 0.25) is 0 Å². The van der Waals surface area contributed by atoms with Crippen molar-refractivity contribution in [2.75, 3.05) is 12.3 Å². The van der Waals surface area contributed by atoms with Gasteiger partial charge in [-0.15, -0.1) is 0 Å². The fourth-order valence-electron chi connectivity index (χ4n) is 1.64. The van der Waals surface area contributed by atoms with Crippen LogP contribution in [0.4, 0.5) is 5.69 Å². The van der Waals surface area contributed by atoms with Gasteiger partial charge in [0.15, 0.2) is 0 Å². The minimum absolute atomic E-state index is 0.146. The molecule has 1 unspecified atom stereocenters. The van der Waals surface area contributed by atoms with Gasteiger partial charge < -0.3 is 10.5 Å². The summed E-state index contributed by atoms with van der Waals surface area (Å²) >= 11 is 11.8. The van der Waals surface area contributed by atoms with Gasteiger partial charge in [0.25, 0.3) is 0 Å². The number of esters is 1. The molecule has 0 aliphatic carbocycles. The van der Waals surface area contributed by atoms with E-state index in [9.17, 15) is 4.79 Å². The predicted molar refractivity (Wildman–Crippen MR) is 75.2 cm³/mol. The molecule has 2 N–H and O–H groups in total. The molecule has 0 amide bonds. The van der Waals surface area contributed by atoms with E-state index >= 15 is 0 Å². The monoisotopic (exact) mass is 289 g/mol. The summed E-state index contributed by atoms with van der Waals surface area (Å²) in [4.78, 5) is 11.9. The maximum absolute atomic E-state index is 11.9. The fourth-order valence-corrected chi connectivity index (χ4v) is 2.04. The van der Waals surface area contributed by atoms with Gasteiger partial charge in [-0.3, -0.25) is 0 Å². The van der Waals surface area contributed by atoms with Crippen molar-refractivity contribution in [2.45, 2.75) is 26.7 Å². The van der Waals surface area contributed by atoms with Gasteiger partial charge in [0.05, 0.1) is 22.3 Å². The highest BCUT2D eigenvalue weighted by atomic mass is 35.5. The lowest BCUT2D eigenvalue weighted by Crippen LogP contribution is -2.14. The number of hydrogen-bond donors (Lipinski definition) is 1. The molecule has 0 bridgehead atoms. The lowest BCUT2D eigenvalue weighted by molar-refractivity contribution is 0.0445. The van der Waals surface area contributed by atoms with E-state index in [0.29, 0.717) is 17.5 Å². The smallest absolute Gasteiger partial charge is 0.341 e. The summed E-state index contributed by atoms with van der Waals surface area (Å²) in [5.74, 6) is -0.207. The largest absolute Gasteiger partial charge is 0.462 e. The summed E-state index contributed by atoms with van der Waals surface area (Å²) in [6.45, 7) is 4.47. The summed E-state index contributed by atoms with van der Waals surface area (Å²) in [5, 5.41) is 0.554. The SMILES string of the molecule is CCCC(C)COC(=O)c1c(Cl)ccc(Cl)c1N. The van der Waals surface area contributed by atoms with E-state index in [1.165, 1.54) is 6.07 Å². The second-order valence-electron chi connectivity index (χ2n) is 4.31. The summed E-state index contributed by atoms with van der Waals surface area (Å²) in [5.41, 5.74) is 6.04. The number of rotatable bonds is 5. The molecule has 3 nitrogen and oxygen atoms in total. The molecule has 0 radical (unpaired) electrons. The Morgan fingerprint density at radius 1 is 1.39 bits per heavy atom. The second kappa shape index (κ2) is 6.86. The molecular weight excluding hydrogens is 273 g/mol. The van der Waals surface area contributed by atoms with E-state index in [1.54, 1.807) is 6.07 Å². The van der Waals surface area contributed by atoms with E-state index in [1.807, 2.05) is 6.92 Å². The molecule has 0 spiro atoms. The van der Waals surface area contributed by atoms with E-state index in [2.05, 4.69) is 6.92 Å². The molecule has 0 heterocycles. The van der Waals surface area contributed by atoms with Crippen LogP contribution in [0.25, 0.3) is 0 Å². The Hall–Kier alpha value is -0.930. The van der Waals surface area contributed by atoms with Gasteiger partial charge in [-0.05, 0) is 24.5 Å². The van der Waals surface area contributed by atoms with Crippen molar-refractivity contribution in [2.24, 2.45) is 5.92 Å². The van der Waals surface area contributed by atoms with E-state index < -0.39 is 5.97 Å². The van der Waals surface area contributed by atoms with Gasteiger partial charge in [0, 0.05) is 0 Å². The van der Waals surface area contributed by atoms with Crippen LogP contribution in [0.15, 0.2) is 12.1 Å². The highest BCUT2D eigenvalue weighted by Gasteiger charge is 2.18. The average molecular weight is 290 g/mol. The Morgan fingerprint density at radius 3 is 2.61 bits per heavy atom. The molecule has 1 atom stereocenters. The lowest BCUT2D eigenvalue weighted by Gasteiger charge is -2.13. The Balaban J connectivity index is 2.76. The molecule has 100 valence electrons. The van der Waals surface area contributed by atoms with Crippen molar-refractivity contribution in [1.29, 1.82) is 0 Å². The third-order valence-electron chi connectivity index (χ3n) is 2.63. The molecule has 0 saturated heterocycles. The van der Waals surface area contributed by atoms with Gasteiger partial charge in [-0.2, -0.15) is 0 Å². The summed E-state index contributed by atoms with van der Waals surface area (Å²) in [6, 6.07) is 3.09. The molecule has 18 heavy (non-hydrogen) atoms. The first-order valence-electron chi connectivity index (χ1n) is 5.88. The fraction of sp³-hybridized carbons (Fsp3) is 0.462. The third-order valence-corrected chi connectivity index (χ3v) is 3.27. The lowest BCUT2D eigenvalue weighted by atomic mass is 10.1. The van der Waals surface area contributed by atoms with Crippen LogP contribution >= 0.6 is 23.2 Å².